The lowest BCUT2D eigenvalue weighted by Crippen LogP contribution is -2.15. The molecule has 1 heterocycles. The number of thioether (sulfide) groups is 1. The van der Waals surface area contributed by atoms with Gasteiger partial charge in [-0.2, -0.15) is 5.10 Å². The van der Waals surface area contributed by atoms with Gasteiger partial charge in [0.25, 0.3) is 0 Å². The summed E-state index contributed by atoms with van der Waals surface area (Å²) in [5.74, 6) is 0.349. The Morgan fingerprint density at radius 1 is 1.25 bits per heavy atom. The lowest BCUT2D eigenvalue weighted by atomic mass is 10.3. The van der Waals surface area contributed by atoms with Gasteiger partial charge in [-0.25, -0.2) is 4.68 Å². The van der Waals surface area contributed by atoms with Crippen molar-refractivity contribution in [2.24, 2.45) is 0 Å². The zero-order valence-electron chi connectivity index (χ0n) is 11.2. The van der Waals surface area contributed by atoms with Crippen LogP contribution in [-0.2, 0) is 6.61 Å². The van der Waals surface area contributed by atoms with Crippen LogP contribution in [-0.4, -0.2) is 43.6 Å². The Hall–Kier alpha value is -1.34. The van der Waals surface area contributed by atoms with Crippen molar-refractivity contribution in [2.75, 3.05) is 12.4 Å². The molecule has 0 spiro atoms. The van der Waals surface area contributed by atoms with Crippen LogP contribution in [0.4, 0.5) is 0 Å². The van der Waals surface area contributed by atoms with Crippen molar-refractivity contribution >= 4 is 11.8 Å². The standard InChI is InChI=1S/C14H18N2O3S/c1-10-13(8-18)14(20-9-12(19)7-17)16(15-10)11-5-3-2-4-6-11/h2-6,12,17-19H,7-9H2,1H3. The Morgan fingerprint density at radius 3 is 2.55 bits per heavy atom. The molecule has 0 radical (unpaired) electrons. The molecule has 2 aromatic rings. The second-order valence-corrected chi connectivity index (χ2v) is 5.43. The summed E-state index contributed by atoms with van der Waals surface area (Å²) in [6.07, 6.45) is -0.786. The quantitative estimate of drug-likeness (QED) is 0.696. The molecule has 1 aromatic carbocycles. The van der Waals surface area contributed by atoms with E-state index in [-0.39, 0.29) is 13.2 Å². The highest BCUT2D eigenvalue weighted by atomic mass is 32.2. The van der Waals surface area contributed by atoms with Crippen molar-refractivity contribution in [1.82, 2.24) is 9.78 Å². The van der Waals surface area contributed by atoms with Crippen molar-refractivity contribution in [3.63, 3.8) is 0 Å². The minimum atomic E-state index is -0.786. The average Bonchev–Trinajstić information content (AvgIpc) is 2.81. The van der Waals surface area contributed by atoms with Crippen molar-refractivity contribution < 1.29 is 15.3 Å². The first-order valence-corrected chi connectivity index (χ1v) is 7.32. The van der Waals surface area contributed by atoms with E-state index in [0.717, 1.165) is 22.0 Å². The molecular weight excluding hydrogens is 276 g/mol. The summed E-state index contributed by atoms with van der Waals surface area (Å²) in [6, 6.07) is 9.62. The molecule has 0 saturated carbocycles. The van der Waals surface area contributed by atoms with Gasteiger partial charge in [-0.05, 0) is 19.1 Å². The van der Waals surface area contributed by atoms with E-state index < -0.39 is 6.10 Å². The van der Waals surface area contributed by atoms with Crippen LogP contribution in [0.5, 0.6) is 0 Å². The maximum Gasteiger partial charge on any atom is 0.106 e. The molecule has 6 heteroatoms. The number of aryl methyl sites for hydroxylation is 1. The van der Waals surface area contributed by atoms with Crippen LogP contribution >= 0.6 is 11.8 Å². The molecule has 0 saturated heterocycles. The van der Waals surface area contributed by atoms with E-state index in [1.807, 2.05) is 37.3 Å². The summed E-state index contributed by atoms with van der Waals surface area (Å²) in [4.78, 5) is 0. The summed E-state index contributed by atoms with van der Waals surface area (Å²) in [7, 11) is 0. The summed E-state index contributed by atoms with van der Waals surface area (Å²) in [5, 5.41) is 33.1. The number of para-hydroxylation sites is 1. The summed E-state index contributed by atoms with van der Waals surface area (Å²) in [6.45, 7) is 1.47. The smallest absolute Gasteiger partial charge is 0.106 e. The molecule has 0 fully saturated rings. The Morgan fingerprint density at radius 2 is 1.95 bits per heavy atom. The van der Waals surface area contributed by atoms with Gasteiger partial charge in [0.15, 0.2) is 0 Å². The van der Waals surface area contributed by atoms with Gasteiger partial charge in [-0.15, -0.1) is 11.8 Å². The summed E-state index contributed by atoms with van der Waals surface area (Å²) >= 11 is 1.38. The highest BCUT2D eigenvalue weighted by Crippen LogP contribution is 2.28. The molecule has 0 amide bonds. The molecule has 1 atom stereocenters. The molecule has 20 heavy (non-hydrogen) atoms. The van der Waals surface area contributed by atoms with Crippen LogP contribution in [0.3, 0.4) is 0 Å². The van der Waals surface area contributed by atoms with E-state index in [2.05, 4.69) is 5.10 Å². The minimum Gasteiger partial charge on any atom is -0.394 e. The van der Waals surface area contributed by atoms with Crippen molar-refractivity contribution in [2.45, 2.75) is 24.7 Å². The van der Waals surface area contributed by atoms with E-state index in [1.54, 1.807) is 4.68 Å². The number of aromatic nitrogens is 2. The number of benzene rings is 1. The minimum absolute atomic E-state index is 0.101. The molecular formula is C14H18N2O3S. The van der Waals surface area contributed by atoms with Gasteiger partial charge in [0.05, 0.1) is 30.7 Å². The normalized spacial score (nSPS) is 12.6. The molecule has 108 valence electrons. The Kier molecular flexibility index (Phi) is 5.19. The summed E-state index contributed by atoms with van der Waals surface area (Å²) in [5.41, 5.74) is 2.41. The Bertz CT molecular complexity index is 557. The molecule has 1 aromatic heterocycles. The predicted octanol–water partition coefficient (Wildman–Crippen LogP) is 1.12. The second kappa shape index (κ2) is 6.90. The maximum absolute atomic E-state index is 9.50. The molecule has 0 bridgehead atoms. The van der Waals surface area contributed by atoms with Gasteiger partial charge >= 0.3 is 0 Å². The van der Waals surface area contributed by atoms with E-state index in [0.29, 0.717) is 5.75 Å². The van der Waals surface area contributed by atoms with E-state index in [4.69, 9.17) is 5.11 Å². The first-order valence-electron chi connectivity index (χ1n) is 6.34. The van der Waals surface area contributed by atoms with Gasteiger partial charge in [0.2, 0.25) is 0 Å². The van der Waals surface area contributed by atoms with E-state index in [1.165, 1.54) is 11.8 Å². The van der Waals surface area contributed by atoms with Crippen LogP contribution in [0, 0.1) is 6.92 Å². The fourth-order valence-corrected chi connectivity index (χ4v) is 2.95. The van der Waals surface area contributed by atoms with Gasteiger partial charge in [0.1, 0.15) is 5.03 Å². The SMILES string of the molecule is Cc1nn(-c2ccccc2)c(SCC(O)CO)c1CO. The van der Waals surface area contributed by atoms with Gasteiger partial charge < -0.3 is 15.3 Å². The van der Waals surface area contributed by atoms with Crippen molar-refractivity contribution in [3.8, 4) is 5.69 Å². The summed E-state index contributed by atoms with van der Waals surface area (Å²) < 4.78 is 1.76. The zero-order chi connectivity index (χ0) is 14.5. The molecule has 0 aliphatic carbocycles. The Balaban J connectivity index is 2.36. The lowest BCUT2D eigenvalue weighted by molar-refractivity contribution is 0.113. The predicted molar refractivity (Wildman–Crippen MR) is 78.0 cm³/mol. The third-order valence-corrected chi connectivity index (χ3v) is 4.16. The fourth-order valence-electron chi connectivity index (χ4n) is 1.84. The third-order valence-electron chi connectivity index (χ3n) is 2.92. The lowest BCUT2D eigenvalue weighted by Gasteiger charge is -2.10. The monoisotopic (exact) mass is 294 g/mol. The number of hydrogen-bond acceptors (Lipinski definition) is 5. The van der Waals surface area contributed by atoms with Crippen molar-refractivity contribution in [1.29, 1.82) is 0 Å². The first kappa shape index (κ1) is 15.1. The van der Waals surface area contributed by atoms with Gasteiger partial charge in [-0.1, -0.05) is 18.2 Å². The van der Waals surface area contributed by atoms with Crippen LogP contribution in [0.1, 0.15) is 11.3 Å². The number of rotatable bonds is 6. The van der Waals surface area contributed by atoms with Crippen molar-refractivity contribution in [3.05, 3.63) is 41.6 Å². The van der Waals surface area contributed by atoms with Crippen LogP contribution < -0.4 is 0 Å². The van der Waals surface area contributed by atoms with Gasteiger partial charge in [-0.3, -0.25) is 0 Å². The maximum atomic E-state index is 9.50. The average molecular weight is 294 g/mol. The molecule has 1 unspecified atom stereocenters. The van der Waals surface area contributed by atoms with Crippen LogP contribution in [0.15, 0.2) is 35.4 Å². The van der Waals surface area contributed by atoms with E-state index in [9.17, 15) is 10.2 Å². The molecule has 3 N–H and O–H groups in total. The van der Waals surface area contributed by atoms with E-state index >= 15 is 0 Å². The Labute approximate surface area is 121 Å². The van der Waals surface area contributed by atoms with Gasteiger partial charge in [0, 0.05) is 11.3 Å². The molecule has 0 aliphatic rings. The van der Waals surface area contributed by atoms with Crippen LogP contribution in [0.2, 0.25) is 0 Å². The first-order chi connectivity index (χ1) is 9.67. The zero-order valence-corrected chi connectivity index (χ0v) is 12.0. The molecule has 5 nitrogen and oxygen atoms in total. The molecule has 0 aliphatic heterocycles. The largest absolute Gasteiger partial charge is 0.394 e. The highest BCUT2D eigenvalue weighted by Gasteiger charge is 2.17. The fraction of sp³-hybridized carbons (Fsp3) is 0.357. The van der Waals surface area contributed by atoms with Crippen LogP contribution in [0.25, 0.3) is 5.69 Å². The number of aliphatic hydroxyl groups excluding tert-OH is 3. The highest BCUT2D eigenvalue weighted by molar-refractivity contribution is 7.99. The number of nitrogens with zero attached hydrogens (tertiary/aromatic N) is 2. The topological polar surface area (TPSA) is 78.5 Å². The number of aliphatic hydroxyl groups is 3. The number of hydrogen-bond donors (Lipinski definition) is 3. The molecule has 2 rings (SSSR count). The second-order valence-electron chi connectivity index (χ2n) is 4.42. The third kappa shape index (κ3) is 3.21.